The summed E-state index contributed by atoms with van der Waals surface area (Å²) < 4.78 is 0. The molecule has 1 amide bonds. The summed E-state index contributed by atoms with van der Waals surface area (Å²) in [6.45, 7) is 4.60. The number of carbonyl (C=O) groups is 1. The molecule has 0 aliphatic carbocycles. The van der Waals surface area contributed by atoms with E-state index in [-0.39, 0.29) is 5.91 Å². The largest absolute Gasteiger partial charge is 0.341 e. The standard InChI is InChI=1S/C18H20N4O/c1-13-12-15(20-18(19-13)21-9-4-5-10-21)17(23)22-11-8-14-6-2-3-7-16(14)22/h2-3,6-7,12H,4-5,8-11H2,1H3. The van der Waals surface area contributed by atoms with Crippen LogP contribution >= 0.6 is 0 Å². The van der Waals surface area contributed by atoms with E-state index in [9.17, 15) is 4.79 Å². The van der Waals surface area contributed by atoms with Gasteiger partial charge in [0, 0.05) is 31.0 Å². The molecule has 118 valence electrons. The monoisotopic (exact) mass is 308 g/mol. The van der Waals surface area contributed by atoms with Gasteiger partial charge in [0.25, 0.3) is 5.91 Å². The smallest absolute Gasteiger partial charge is 0.277 e. The summed E-state index contributed by atoms with van der Waals surface area (Å²) in [4.78, 5) is 26.0. The van der Waals surface area contributed by atoms with Gasteiger partial charge in [0.05, 0.1) is 0 Å². The van der Waals surface area contributed by atoms with Gasteiger partial charge in [-0.3, -0.25) is 4.79 Å². The number of rotatable bonds is 2. The Labute approximate surface area is 136 Å². The van der Waals surface area contributed by atoms with Gasteiger partial charge in [-0.2, -0.15) is 0 Å². The van der Waals surface area contributed by atoms with E-state index in [1.807, 2.05) is 30.0 Å². The maximum atomic E-state index is 12.9. The van der Waals surface area contributed by atoms with E-state index < -0.39 is 0 Å². The molecule has 2 aliphatic heterocycles. The minimum atomic E-state index is -0.0269. The van der Waals surface area contributed by atoms with Gasteiger partial charge in [0.15, 0.2) is 0 Å². The van der Waals surface area contributed by atoms with Crippen LogP contribution in [0.4, 0.5) is 11.6 Å². The molecule has 0 radical (unpaired) electrons. The number of para-hydroxylation sites is 1. The predicted molar refractivity (Wildman–Crippen MR) is 90.0 cm³/mol. The van der Waals surface area contributed by atoms with Gasteiger partial charge < -0.3 is 9.80 Å². The number of anilines is 2. The van der Waals surface area contributed by atoms with Gasteiger partial charge in [-0.15, -0.1) is 0 Å². The van der Waals surface area contributed by atoms with Crippen LogP contribution in [0.5, 0.6) is 0 Å². The number of hydrogen-bond acceptors (Lipinski definition) is 4. The number of hydrogen-bond donors (Lipinski definition) is 0. The summed E-state index contributed by atoms with van der Waals surface area (Å²) in [6.07, 6.45) is 3.24. The molecule has 1 fully saturated rings. The van der Waals surface area contributed by atoms with Crippen molar-refractivity contribution >= 4 is 17.5 Å². The minimum Gasteiger partial charge on any atom is -0.341 e. The molecule has 23 heavy (non-hydrogen) atoms. The number of benzene rings is 1. The lowest BCUT2D eigenvalue weighted by molar-refractivity contribution is 0.0984. The molecule has 0 unspecified atom stereocenters. The van der Waals surface area contributed by atoms with Crippen molar-refractivity contribution in [2.24, 2.45) is 0 Å². The maximum absolute atomic E-state index is 12.9. The van der Waals surface area contributed by atoms with Crippen molar-refractivity contribution < 1.29 is 4.79 Å². The normalized spacial score (nSPS) is 16.7. The highest BCUT2D eigenvalue weighted by molar-refractivity contribution is 6.06. The van der Waals surface area contributed by atoms with Gasteiger partial charge in [0.1, 0.15) is 5.69 Å². The van der Waals surface area contributed by atoms with Crippen molar-refractivity contribution in [2.75, 3.05) is 29.4 Å². The Hall–Kier alpha value is -2.43. The second kappa shape index (κ2) is 5.65. The Morgan fingerprint density at radius 1 is 1.09 bits per heavy atom. The van der Waals surface area contributed by atoms with Crippen LogP contribution in [-0.2, 0) is 6.42 Å². The molecule has 1 aromatic heterocycles. The molecule has 0 N–H and O–H groups in total. The van der Waals surface area contributed by atoms with Gasteiger partial charge in [-0.05, 0) is 43.9 Å². The number of nitrogens with zero attached hydrogens (tertiary/aromatic N) is 4. The molecule has 1 aromatic carbocycles. The summed E-state index contributed by atoms with van der Waals surface area (Å²) in [6, 6.07) is 9.89. The van der Waals surface area contributed by atoms with Gasteiger partial charge in [-0.25, -0.2) is 9.97 Å². The van der Waals surface area contributed by atoms with Crippen LogP contribution in [-0.4, -0.2) is 35.5 Å². The van der Waals surface area contributed by atoms with Crippen LogP contribution in [0, 0.1) is 6.92 Å². The average molecular weight is 308 g/mol. The second-order valence-electron chi connectivity index (χ2n) is 6.22. The summed E-state index contributed by atoms with van der Waals surface area (Å²) >= 11 is 0. The molecule has 0 saturated carbocycles. The lowest BCUT2D eigenvalue weighted by Gasteiger charge is -2.19. The van der Waals surface area contributed by atoms with Crippen molar-refractivity contribution in [3.8, 4) is 0 Å². The van der Waals surface area contributed by atoms with Crippen molar-refractivity contribution in [3.63, 3.8) is 0 Å². The molecular formula is C18H20N4O. The number of aromatic nitrogens is 2. The molecule has 2 aromatic rings. The molecule has 5 nitrogen and oxygen atoms in total. The summed E-state index contributed by atoms with van der Waals surface area (Å²) in [5.74, 6) is 0.666. The number of aryl methyl sites for hydroxylation is 1. The van der Waals surface area contributed by atoms with E-state index in [0.717, 1.165) is 37.4 Å². The molecule has 2 aliphatic rings. The first-order valence-corrected chi connectivity index (χ1v) is 8.23. The molecule has 4 rings (SSSR count). The molecule has 0 spiro atoms. The van der Waals surface area contributed by atoms with E-state index >= 15 is 0 Å². The van der Waals surface area contributed by atoms with Crippen LogP contribution in [0.25, 0.3) is 0 Å². The first-order chi connectivity index (χ1) is 11.2. The number of carbonyl (C=O) groups excluding carboxylic acids is 1. The second-order valence-corrected chi connectivity index (χ2v) is 6.22. The average Bonchev–Trinajstić information content (AvgIpc) is 3.23. The maximum Gasteiger partial charge on any atom is 0.277 e. The van der Waals surface area contributed by atoms with Crippen LogP contribution < -0.4 is 9.80 Å². The molecule has 3 heterocycles. The van der Waals surface area contributed by atoms with Crippen molar-refractivity contribution in [1.29, 1.82) is 0 Å². The Balaban J connectivity index is 1.66. The van der Waals surface area contributed by atoms with Crippen molar-refractivity contribution in [2.45, 2.75) is 26.2 Å². The van der Waals surface area contributed by atoms with Gasteiger partial charge >= 0.3 is 0 Å². The van der Waals surface area contributed by atoms with E-state index in [1.165, 1.54) is 18.4 Å². The fourth-order valence-corrected chi connectivity index (χ4v) is 3.41. The Morgan fingerprint density at radius 3 is 2.70 bits per heavy atom. The highest BCUT2D eigenvalue weighted by atomic mass is 16.2. The molecular weight excluding hydrogens is 288 g/mol. The Morgan fingerprint density at radius 2 is 1.87 bits per heavy atom. The van der Waals surface area contributed by atoms with E-state index in [1.54, 1.807) is 6.07 Å². The third kappa shape index (κ3) is 2.56. The van der Waals surface area contributed by atoms with Gasteiger partial charge in [0.2, 0.25) is 5.95 Å². The summed E-state index contributed by atoms with van der Waals surface area (Å²) in [7, 11) is 0. The fraction of sp³-hybridized carbons (Fsp3) is 0.389. The molecule has 1 saturated heterocycles. The highest BCUT2D eigenvalue weighted by Crippen LogP contribution is 2.29. The molecule has 0 atom stereocenters. The number of amides is 1. The lowest BCUT2D eigenvalue weighted by atomic mass is 10.2. The van der Waals surface area contributed by atoms with Crippen LogP contribution in [0.15, 0.2) is 30.3 Å². The summed E-state index contributed by atoms with van der Waals surface area (Å²) in [5, 5.41) is 0. The lowest BCUT2D eigenvalue weighted by Crippen LogP contribution is -2.31. The zero-order valence-electron chi connectivity index (χ0n) is 13.3. The topological polar surface area (TPSA) is 49.3 Å². The predicted octanol–water partition coefficient (Wildman–Crippen LogP) is 2.59. The van der Waals surface area contributed by atoms with Crippen LogP contribution in [0.2, 0.25) is 0 Å². The third-order valence-corrected chi connectivity index (χ3v) is 4.58. The Bertz CT molecular complexity index is 752. The SMILES string of the molecule is Cc1cc(C(=O)N2CCc3ccccc32)nc(N2CCCC2)n1. The zero-order valence-corrected chi connectivity index (χ0v) is 13.3. The first-order valence-electron chi connectivity index (χ1n) is 8.23. The zero-order chi connectivity index (χ0) is 15.8. The van der Waals surface area contributed by atoms with Gasteiger partial charge in [-0.1, -0.05) is 18.2 Å². The third-order valence-electron chi connectivity index (χ3n) is 4.58. The number of fused-ring (bicyclic) bond motifs is 1. The van der Waals surface area contributed by atoms with Crippen LogP contribution in [0.3, 0.4) is 0 Å². The van der Waals surface area contributed by atoms with E-state index in [0.29, 0.717) is 11.6 Å². The first kappa shape index (κ1) is 14.2. The van der Waals surface area contributed by atoms with Crippen LogP contribution in [0.1, 0.15) is 34.6 Å². The quantitative estimate of drug-likeness (QED) is 0.855. The molecule has 0 bridgehead atoms. The van der Waals surface area contributed by atoms with E-state index in [4.69, 9.17) is 0 Å². The van der Waals surface area contributed by atoms with E-state index in [2.05, 4.69) is 20.9 Å². The van der Waals surface area contributed by atoms with Crippen molar-refractivity contribution in [3.05, 3.63) is 47.3 Å². The fourth-order valence-electron chi connectivity index (χ4n) is 3.41. The minimum absolute atomic E-state index is 0.0269. The summed E-state index contributed by atoms with van der Waals surface area (Å²) in [5.41, 5.74) is 3.58. The molecule has 5 heteroatoms. The van der Waals surface area contributed by atoms with Crippen molar-refractivity contribution in [1.82, 2.24) is 9.97 Å². The Kier molecular flexibility index (Phi) is 3.48. The highest BCUT2D eigenvalue weighted by Gasteiger charge is 2.27.